The van der Waals surface area contributed by atoms with E-state index < -0.39 is 12.0 Å². The SMILES string of the molecule is Cc1cccc(C(=O)NC(C)c2nc(C(=O)O)cs2)c1Cl. The molecule has 110 valence electrons. The summed E-state index contributed by atoms with van der Waals surface area (Å²) in [6.07, 6.45) is 0. The number of nitrogens with one attached hydrogen (secondary N) is 1. The average molecular weight is 325 g/mol. The molecule has 0 bridgehead atoms. The number of halogens is 1. The van der Waals surface area contributed by atoms with Gasteiger partial charge in [-0.2, -0.15) is 0 Å². The summed E-state index contributed by atoms with van der Waals surface area (Å²) in [7, 11) is 0. The van der Waals surface area contributed by atoms with Crippen molar-refractivity contribution >= 4 is 34.8 Å². The van der Waals surface area contributed by atoms with Crippen LogP contribution in [-0.4, -0.2) is 22.0 Å². The molecule has 0 aliphatic heterocycles. The van der Waals surface area contributed by atoms with Crippen LogP contribution in [0.2, 0.25) is 5.02 Å². The second-order valence-electron chi connectivity index (χ2n) is 4.51. The van der Waals surface area contributed by atoms with Gasteiger partial charge in [-0.25, -0.2) is 9.78 Å². The summed E-state index contributed by atoms with van der Waals surface area (Å²) in [5, 5.41) is 14.0. The van der Waals surface area contributed by atoms with E-state index in [4.69, 9.17) is 16.7 Å². The van der Waals surface area contributed by atoms with Crippen molar-refractivity contribution in [1.82, 2.24) is 10.3 Å². The highest BCUT2D eigenvalue weighted by Gasteiger charge is 2.18. The summed E-state index contributed by atoms with van der Waals surface area (Å²) < 4.78 is 0. The standard InChI is InChI=1S/C14H13ClN2O3S/c1-7-4-3-5-9(11(7)15)12(18)16-8(2)13-17-10(6-21-13)14(19)20/h3-6,8H,1-2H3,(H,16,18)(H,19,20). The molecule has 2 aromatic rings. The average Bonchev–Trinajstić information content (AvgIpc) is 2.91. The molecule has 0 saturated heterocycles. The minimum absolute atomic E-state index is 0.0234. The Hall–Kier alpha value is -1.92. The minimum atomic E-state index is -1.09. The summed E-state index contributed by atoms with van der Waals surface area (Å²) in [5.41, 5.74) is 1.18. The van der Waals surface area contributed by atoms with Gasteiger partial charge in [-0.05, 0) is 25.5 Å². The Balaban J connectivity index is 2.14. The van der Waals surface area contributed by atoms with Crippen LogP contribution in [0.15, 0.2) is 23.6 Å². The fourth-order valence-corrected chi connectivity index (χ4v) is 2.76. The molecule has 0 fully saturated rings. The van der Waals surface area contributed by atoms with Crippen molar-refractivity contribution in [2.24, 2.45) is 0 Å². The predicted molar refractivity (Wildman–Crippen MR) is 81.1 cm³/mol. The van der Waals surface area contributed by atoms with Crippen molar-refractivity contribution in [3.05, 3.63) is 50.4 Å². The Kier molecular flexibility index (Phi) is 4.59. The maximum atomic E-state index is 12.2. The van der Waals surface area contributed by atoms with E-state index in [1.165, 1.54) is 16.7 Å². The molecule has 5 nitrogen and oxygen atoms in total. The molecule has 0 radical (unpaired) electrons. The van der Waals surface area contributed by atoms with Gasteiger partial charge in [0.25, 0.3) is 5.91 Å². The lowest BCUT2D eigenvalue weighted by Gasteiger charge is -2.12. The van der Waals surface area contributed by atoms with Gasteiger partial charge in [0.1, 0.15) is 5.01 Å². The zero-order valence-corrected chi connectivity index (χ0v) is 13.0. The molecular weight excluding hydrogens is 312 g/mol. The smallest absolute Gasteiger partial charge is 0.355 e. The molecule has 1 heterocycles. The van der Waals surface area contributed by atoms with Gasteiger partial charge in [-0.1, -0.05) is 23.7 Å². The number of benzene rings is 1. The van der Waals surface area contributed by atoms with Gasteiger partial charge >= 0.3 is 5.97 Å². The number of hydrogen-bond acceptors (Lipinski definition) is 4. The van der Waals surface area contributed by atoms with Gasteiger partial charge < -0.3 is 10.4 Å². The van der Waals surface area contributed by atoms with E-state index in [1.807, 2.05) is 13.0 Å². The number of carboxylic acid groups (broad SMARTS) is 1. The van der Waals surface area contributed by atoms with Crippen LogP contribution < -0.4 is 5.32 Å². The molecule has 7 heteroatoms. The summed E-state index contributed by atoms with van der Waals surface area (Å²) in [5.74, 6) is -1.40. The molecule has 1 aromatic carbocycles. The Bertz CT molecular complexity index is 699. The number of carbonyl (C=O) groups is 2. The van der Waals surface area contributed by atoms with Crippen molar-refractivity contribution in [3.8, 4) is 0 Å². The lowest BCUT2D eigenvalue weighted by atomic mass is 10.1. The molecule has 0 aliphatic rings. The number of amides is 1. The van der Waals surface area contributed by atoms with Gasteiger partial charge in [-0.15, -0.1) is 11.3 Å². The highest BCUT2D eigenvalue weighted by Crippen LogP contribution is 2.22. The lowest BCUT2D eigenvalue weighted by molar-refractivity contribution is 0.0691. The monoisotopic (exact) mass is 324 g/mol. The minimum Gasteiger partial charge on any atom is -0.476 e. The zero-order chi connectivity index (χ0) is 15.6. The first-order valence-electron chi connectivity index (χ1n) is 6.15. The highest BCUT2D eigenvalue weighted by molar-refractivity contribution is 7.09. The number of nitrogens with zero attached hydrogens (tertiary/aromatic N) is 1. The maximum Gasteiger partial charge on any atom is 0.355 e. The van der Waals surface area contributed by atoms with Crippen molar-refractivity contribution in [2.75, 3.05) is 0 Å². The third kappa shape index (κ3) is 3.40. The summed E-state index contributed by atoms with van der Waals surface area (Å²) in [6, 6.07) is 4.82. The van der Waals surface area contributed by atoms with Crippen LogP contribution in [0.5, 0.6) is 0 Å². The second-order valence-corrected chi connectivity index (χ2v) is 5.78. The first-order chi connectivity index (χ1) is 9.90. The van der Waals surface area contributed by atoms with E-state index in [0.29, 0.717) is 15.6 Å². The van der Waals surface area contributed by atoms with E-state index in [1.54, 1.807) is 19.1 Å². The van der Waals surface area contributed by atoms with Crippen molar-refractivity contribution in [3.63, 3.8) is 0 Å². The lowest BCUT2D eigenvalue weighted by Crippen LogP contribution is -2.27. The van der Waals surface area contributed by atoms with Gasteiger partial charge in [0.15, 0.2) is 5.69 Å². The number of rotatable bonds is 4. The van der Waals surface area contributed by atoms with Crippen LogP contribution in [0, 0.1) is 6.92 Å². The van der Waals surface area contributed by atoms with Crippen LogP contribution in [-0.2, 0) is 0 Å². The second kappa shape index (κ2) is 6.24. The number of aryl methyl sites for hydroxylation is 1. The number of aromatic carboxylic acids is 1. The summed E-state index contributed by atoms with van der Waals surface area (Å²) >= 11 is 7.30. The number of carbonyl (C=O) groups excluding carboxylic acids is 1. The molecule has 0 spiro atoms. The van der Waals surface area contributed by atoms with Crippen LogP contribution in [0.4, 0.5) is 0 Å². The zero-order valence-electron chi connectivity index (χ0n) is 11.4. The number of thiazole rings is 1. The van der Waals surface area contributed by atoms with Gasteiger partial charge in [0, 0.05) is 5.38 Å². The molecule has 2 rings (SSSR count). The summed E-state index contributed by atoms with van der Waals surface area (Å²) in [4.78, 5) is 27.0. The Morgan fingerprint density at radius 2 is 2.14 bits per heavy atom. The van der Waals surface area contributed by atoms with E-state index in [9.17, 15) is 9.59 Å². The van der Waals surface area contributed by atoms with Crippen molar-refractivity contribution in [2.45, 2.75) is 19.9 Å². The fraction of sp³-hybridized carbons (Fsp3) is 0.214. The van der Waals surface area contributed by atoms with Crippen LogP contribution in [0.1, 0.15) is 44.4 Å². The van der Waals surface area contributed by atoms with Gasteiger partial charge in [0.05, 0.1) is 16.6 Å². The highest BCUT2D eigenvalue weighted by atomic mass is 35.5. The Labute approximate surface area is 130 Å². The molecule has 0 aliphatic carbocycles. The van der Waals surface area contributed by atoms with E-state index in [-0.39, 0.29) is 11.6 Å². The van der Waals surface area contributed by atoms with Gasteiger partial charge in [0.2, 0.25) is 0 Å². The molecule has 2 N–H and O–H groups in total. The molecule has 21 heavy (non-hydrogen) atoms. The number of aromatic nitrogens is 1. The normalized spacial score (nSPS) is 12.0. The number of carboxylic acids is 1. The predicted octanol–water partition coefficient (Wildman–Crippen LogP) is 3.29. The summed E-state index contributed by atoms with van der Waals surface area (Å²) in [6.45, 7) is 3.56. The Morgan fingerprint density at radius 3 is 2.76 bits per heavy atom. The third-order valence-electron chi connectivity index (χ3n) is 2.90. The molecule has 1 unspecified atom stereocenters. The van der Waals surface area contributed by atoms with Crippen molar-refractivity contribution < 1.29 is 14.7 Å². The van der Waals surface area contributed by atoms with E-state index in [2.05, 4.69) is 10.3 Å². The molecule has 1 aromatic heterocycles. The fourth-order valence-electron chi connectivity index (χ4n) is 1.74. The number of hydrogen-bond donors (Lipinski definition) is 2. The quantitative estimate of drug-likeness (QED) is 0.904. The van der Waals surface area contributed by atoms with Crippen LogP contribution in [0.25, 0.3) is 0 Å². The van der Waals surface area contributed by atoms with E-state index in [0.717, 1.165) is 5.56 Å². The first-order valence-corrected chi connectivity index (χ1v) is 7.40. The van der Waals surface area contributed by atoms with E-state index >= 15 is 0 Å². The van der Waals surface area contributed by atoms with Crippen LogP contribution in [0.3, 0.4) is 0 Å². The molecule has 0 saturated carbocycles. The first kappa shape index (κ1) is 15.5. The maximum absolute atomic E-state index is 12.2. The topological polar surface area (TPSA) is 79.3 Å². The Morgan fingerprint density at radius 1 is 1.43 bits per heavy atom. The molecule has 1 amide bonds. The molecule has 1 atom stereocenters. The third-order valence-corrected chi connectivity index (χ3v) is 4.42. The van der Waals surface area contributed by atoms with Gasteiger partial charge in [-0.3, -0.25) is 4.79 Å². The largest absolute Gasteiger partial charge is 0.476 e. The van der Waals surface area contributed by atoms with Crippen LogP contribution >= 0.6 is 22.9 Å². The van der Waals surface area contributed by atoms with Crippen molar-refractivity contribution in [1.29, 1.82) is 0 Å². The molecular formula is C14H13ClN2O3S.